The Balaban J connectivity index is 1.88. The van der Waals surface area contributed by atoms with E-state index in [1.807, 2.05) is 18.7 Å². The lowest BCUT2D eigenvalue weighted by Gasteiger charge is -2.30. The topological polar surface area (TPSA) is 36.3 Å². The Morgan fingerprint density at radius 2 is 1.92 bits per heavy atom. The Labute approximate surface area is 144 Å². The van der Waals surface area contributed by atoms with Gasteiger partial charge in [-0.3, -0.25) is 0 Å². The van der Waals surface area contributed by atoms with Crippen LogP contribution >= 0.6 is 0 Å². The molecule has 4 nitrogen and oxygen atoms in total. The van der Waals surface area contributed by atoms with E-state index >= 15 is 0 Å². The van der Waals surface area contributed by atoms with Gasteiger partial charge in [-0.15, -0.1) is 0 Å². The summed E-state index contributed by atoms with van der Waals surface area (Å²) in [5.74, 6) is -0.542. The first-order chi connectivity index (χ1) is 11.4. The first-order valence-electron chi connectivity index (χ1n) is 8.74. The van der Waals surface area contributed by atoms with Crippen LogP contribution in [0.1, 0.15) is 41.2 Å². The number of ether oxygens (including phenoxy) is 2. The smallest absolute Gasteiger partial charge is 0.174 e. The molecule has 3 rings (SSSR count). The van der Waals surface area contributed by atoms with E-state index < -0.39 is 5.79 Å². The highest BCUT2D eigenvalue weighted by Gasteiger charge is 2.40. The van der Waals surface area contributed by atoms with Gasteiger partial charge in [-0.1, -0.05) is 6.07 Å². The number of hydrogen-bond donors (Lipinski definition) is 0. The molecule has 0 aliphatic carbocycles. The third-order valence-electron chi connectivity index (χ3n) is 5.27. The first kappa shape index (κ1) is 17.2. The van der Waals surface area contributed by atoms with E-state index in [0.29, 0.717) is 6.61 Å². The second kappa shape index (κ2) is 6.69. The van der Waals surface area contributed by atoms with E-state index in [2.05, 4.69) is 50.2 Å². The molecule has 2 unspecified atom stereocenters. The van der Waals surface area contributed by atoms with Crippen molar-refractivity contribution in [2.24, 2.45) is 0 Å². The SMILES string of the molecule is Cc1cc(C)c(C)c(CC2(CCn3ccnc3)OCC(C)O2)c1C. The predicted molar refractivity (Wildman–Crippen MR) is 95.2 cm³/mol. The minimum atomic E-state index is -0.542. The van der Waals surface area contributed by atoms with Crippen molar-refractivity contribution in [3.8, 4) is 0 Å². The number of hydrogen-bond acceptors (Lipinski definition) is 3. The highest BCUT2D eigenvalue weighted by molar-refractivity contribution is 5.44. The van der Waals surface area contributed by atoms with Crippen molar-refractivity contribution < 1.29 is 9.47 Å². The lowest BCUT2D eigenvalue weighted by molar-refractivity contribution is -0.172. The molecule has 130 valence electrons. The van der Waals surface area contributed by atoms with Crippen LogP contribution in [0.5, 0.6) is 0 Å². The summed E-state index contributed by atoms with van der Waals surface area (Å²) in [6.45, 7) is 12.4. The van der Waals surface area contributed by atoms with Gasteiger partial charge in [0.15, 0.2) is 5.79 Å². The van der Waals surface area contributed by atoms with Crippen molar-refractivity contribution in [2.75, 3.05) is 6.61 Å². The quantitative estimate of drug-likeness (QED) is 0.835. The van der Waals surface area contributed by atoms with Gasteiger partial charge in [-0.05, 0) is 62.4 Å². The third kappa shape index (κ3) is 3.40. The molecule has 2 heterocycles. The average Bonchev–Trinajstić information content (AvgIpc) is 3.18. The van der Waals surface area contributed by atoms with Gasteiger partial charge in [-0.2, -0.15) is 0 Å². The van der Waals surface area contributed by atoms with Crippen molar-refractivity contribution in [1.82, 2.24) is 9.55 Å². The zero-order chi connectivity index (χ0) is 17.3. The predicted octanol–water partition coefficient (Wildman–Crippen LogP) is 3.88. The molecule has 0 saturated carbocycles. The molecule has 0 bridgehead atoms. The van der Waals surface area contributed by atoms with Gasteiger partial charge in [-0.25, -0.2) is 4.98 Å². The molecule has 1 aliphatic rings. The number of rotatable bonds is 5. The van der Waals surface area contributed by atoms with Gasteiger partial charge in [0, 0.05) is 31.8 Å². The molecule has 2 aromatic rings. The minimum Gasteiger partial charge on any atom is -0.347 e. The summed E-state index contributed by atoms with van der Waals surface area (Å²) in [5.41, 5.74) is 6.75. The molecule has 0 N–H and O–H groups in total. The van der Waals surface area contributed by atoms with Crippen LogP contribution in [0.3, 0.4) is 0 Å². The highest BCUT2D eigenvalue weighted by atomic mass is 16.7. The molecule has 0 amide bonds. The lowest BCUT2D eigenvalue weighted by Crippen LogP contribution is -2.35. The van der Waals surface area contributed by atoms with Crippen molar-refractivity contribution in [2.45, 2.75) is 65.9 Å². The van der Waals surface area contributed by atoms with Gasteiger partial charge >= 0.3 is 0 Å². The Hall–Kier alpha value is -1.65. The number of nitrogens with zero attached hydrogens (tertiary/aromatic N) is 2. The van der Waals surface area contributed by atoms with Crippen molar-refractivity contribution in [1.29, 1.82) is 0 Å². The van der Waals surface area contributed by atoms with Crippen molar-refractivity contribution in [3.63, 3.8) is 0 Å². The number of imidazole rings is 1. The molecular formula is C20H28N2O2. The fourth-order valence-electron chi connectivity index (χ4n) is 3.57. The molecule has 0 spiro atoms. The van der Waals surface area contributed by atoms with Crippen LogP contribution < -0.4 is 0 Å². The number of aryl methyl sites for hydroxylation is 3. The second-order valence-electron chi connectivity index (χ2n) is 7.12. The van der Waals surface area contributed by atoms with Gasteiger partial charge in [0.05, 0.1) is 19.0 Å². The molecule has 1 aromatic heterocycles. The van der Waals surface area contributed by atoms with Crippen LogP contribution in [-0.2, 0) is 22.4 Å². The molecule has 1 saturated heterocycles. The lowest BCUT2D eigenvalue weighted by atomic mass is 9.89. The van der Waals surface area contributed by atoms with Crippen molar-refractivity contribution >= 4 is 0 Å². The largest absolute Gasteiger partial charge is 0.347 e. The van der Waals surface area contributed by atoms with Crippen LogP contribution in [0.2, 0.25) is 0 Å². The summed E-state index contributed by atoms with van der Waals surface area (Å²) < 4.78 is 14.6. The van der Waals surface area contributed by atoms with Crippen LogP contribution in [0.4, 0.5) is 0 Å². The summed E-state index contributed by atoms with van der Waals surface area (Å²) in [7, 11) is 0. The highest BCUT2D eigenvalue weighted by Crippen LogP contribution is 2.34. The maximum Gasteiger partial charge on any atom is 0.174 e. The molecular weight excluding hydrogens is 300 g/mol. The molecule has 2 atom stereocenters. The summed E-state index contributed by atoms with van der Waals surface area (Å²) in [6.07, 6.45) is 7.40. The molecule has 1 fully saturated rings. The second-order valence-corrected chi connectivity index (χ2v) is 7.12. The van der Waals surface area contributed by atoms with Crippen molar-refractivity contribution in [3.05, 3.63) is 52.6 Å². The third-order valence-corrected chi connectivity index (χ3v) is 5.27. The molecule has 1 aromatic carbocycles. The van der Waals surface area contributed by atoms with E-state index in [0.717, 1.165) is 19.4 Å². The average molecular weight is 328 g/mol. The number of aromatic nitrogens is 2. The molecule has 0 radical (unpaired) electrons. The Morgan fingerprint density at radius 3 is 2.46 bits per heavy atom. The van der Waals surface area contributed by atoms with E-state index in [-0.39, 0.29) is 6.10 Å². The van der Waals surface area contributed by atoms with Gasteiger partial charge in [0.1, 0.15) is 0 Å². The summed E-state index contributed by atoms with van der Waals surface area (Å²) in [5, 5.41) is 0. The monoisotopic (exact) mass is 328 g/mol. The van der Waals surface area contributed by atoms with Gasteiger partial charge in [0.25, 0.3) is 0 Å². The zero-order valence-electron chi connectivity index (χ0n) is 15.4. The molecule has 24 heavy (non-hydrogen) atoms. The molecule has 1 aliphatic heterocycles. The maximum atomic E-state index is 6.28. The Bertz CT molecular complexity index is 683. The van der Waals surface area contributed by atoms with E-state index in [1.54, 1.807) is 0 Å². The summed E-state index contributed by atoms with van der Waals surface area (Å²) in [6, 6.07) is 2.27. The van der Waals surface area contributed by atoms with Crippen LogP contribution in [0, 0.1) is 27.7 Å². The van der Waals surface area contributed by atoms with Crippen LogP contribution in [-0.4, -0.2) is 28.0 Å². The van der Waals surface area contributed by atoms with E-state index in [9.17, 15) is 0 Å². The normalized spacial score (nSPS) is 23.8. The minimum absolute atomic E-state index is 0.138. The van der Waals surface area contributed by atoms with E-state index in [4.69, 9.17) is 9.47 Å². The zero-order valence-corrected chi connectivity index (χ0v) is 15.4. The first-order valence-corrected chi connectivity index (χ1v) is 8.74. The maximum absolute atomic E-state index is 6.28. The standard InChI is InChI=1S/C20H28N2O2/c1-14-10-15(2)18(5)19(17(14)4)11-20(23-12-16(3)24-20)6-8-22-9-7-21-13-22/h7,9-10,13,16H,6,8,11-12H2,1-5H3. The van der Waals surface area contributed by atoms with E-state index in [1.165, 1.54) is 27.8 Å². The summed E-state index contributed by atoms with van der Waals surface area (Å²) in [4.78, 5) is 4.12. The fraction of sp³-hybridized carbons (Fsp3) is 0.550. The van der Waals surface area contributed by atoms with Crippen LogP contribution in [0.25, 0.3) is 0 Å². The molecule has 4 heteroatoms. The van der Waals surface area contributed by atoms with Gasteiger partial charge < -0.3 is 14.0 Å². The van der Waals surface area contributed by atoms with Gasteiger partial charge in [0.2, 0.25) is 0 Å². The number of benzene rings is 1. The van der Waals surface area contributed by atoms with Crippen LogP contribution in [0.15, 0.2) is 24.8 Å². The fourth-order valence-corrected chi connectivity index (χ4v) is 3.57. The summed E-state index contributed by atoms with van der Waals surface area (Å²) >= 11 is 0. The Morgan fingerprint density at radius 1 is 1.21 bits per heavy atom. The Kier molecular flexibility index (Phi) is 4.79.